The summed E-state index contributed by atoms with van der Waals surface area (Å²) in [5, 5.41) is 71.9. The normalized spacial score (nSPS) is 27.0. The van der Waals surface area contributed by atoms with Crippen molar-refractivity contribution >= 4 is 11.9 Å². The molecule has 0 spiro atoms. The maximum absolute atomic E-state index is 12.9. The van der Waals surface area contributed by atoms with Gasteiger partial charge < -0.3 is 64.2 Å². The average Bonchev–Trinajstić information content (AvgIpc) is 3.29. The minimum atomic E-state index is -1.78. The Morgan fingerprint density at radius 1 is 0.516 bits per heavy atom. The van der Waals surface area contributed by atoms with Gasteiger partial charge in [-0.05, 0) is 38.5 Å². The standard InChI is InChI=1S/C49H84O15/c1-3-5-7-9-11-13-15-17-18-20-21-23-25-27-29-31-40(51)59-34-37(62-41(52)32-30-28-26-24-22-19-16-14-12-10-8-6-4-2)35-60-48-47(58)45(56)43(54)39(64-48)36-61-49-46(57)44(55)42(53)38(33-50)63-49/h6,8,12,14,19,22,26,28,37-39,42-50,53-58H,3-5,7,9-11,13,15-18,20-21,23-25,27,29-36H2,1-2H3/b8-6-,14-12-,22-19-,28-26-. The van der Waals surface area contributed by atoms with E-state index in [4.69, 9.17) is 28.4 Å². The number of aliphatic hydroxyl groups excluding tert-OH is 7. The first-order chi connectivity index (χ1) is 31.0. The topological polar surface area (TPSA) is 231 Å². The van der Waals surface area contributed by atoms with Gasteiger partial charge in [0.1, 0.15) is 55.4 Å². The molecule has 2 heterocycles. The van der Waals surface area contributed by atoms with Crippen molar-refractivity contribution in [2.75, 3.05) is 26.4 Å². The Kier molecular flexibility index (Phi) is 32.9. The molecule has 7 N–H and O–H groups in total. The van der Waals surface area contributed by atoms with Crippen LogP contribution in [0.4, 0.5) is 0 Å². The van der Waals surface area contributed by atoms with E-state index in [2.05, 4.69) is 44.2 Å². The lowest BCUT2D eigenvalue weighted by atomic mass is 9.98. The number of carbonyl (C=O) groups is 2. The van der Waals surface area contributed by atoms with Crippen LogP contribution in [0.15, 0.2) is 48.6 Å². The summed E-state index contributed by atoms with van der Waals surface area (Å²) in [6, 6.07) is 0. The molecule has 0 radical (unpaired) electrons. The van der Waals surface area contributed by atoms with Crippen molar-refractivity contribution in [3.63, 3.8) is 0 Å². The van der Waals surface area contributed by atoms with Crippen molar-refractivity contribution in [2.45, 2.75) is 223 Å². The third kappa shape index (κ3) is 24.8. The SMILES string of the molecule is CC/C=C\C/C=C\C/C=C\C/C=C\CCC(=O)OC(COC(=O)CCCCCCCCCCCCCCCCC)COC1OC(COC2OC(CO)C(O)C(O)C2O)C(O)C(O)C1O. The molecular weight excluding hydrogens is 829 g/mol. The smallest absolute Gasteiger partial charge is 0.306 e. The van der Waals surface area contributed by atoms with Crippen LogP contribution < -0.4 is 0 Å². The van der Waals surface area contributed by atoms with Gasteiger partial charge in [-0.2, -0.15) is 0 Å². The molecule has 2 fully saturated rings. The second kappa shape index (κ2) is 36.6. The van der Waals surface area contributed by atoms with Gasteiger partial charge in [0, 0.05) is 12.8 Å². The van der Waals surface area contributed by atoms with E-state index in [-0.39, 0.29) is 19.4 Å². The highest BCUT2D eigenvalue weighted by Gasteiger charge is 2.47. The summed E-state index contributed by atoms with van der Waals surface area (Å²) in [6.07, 6.45) is 21.7. The molecule has 64 heavy (non-hydrogen) atoms. The first-order valence-corrected chi connectivity index (χ1v) is 24.2. The molecule has 2 aliphatic heterocycles. The van der Waals surface area contributed by atoms with Gasteiger partial charge in [0.25, 0.3) is 0 Å². The van der Waals surface area contributed by atoms with Gasteiger partial charge >= 0.3 is 11.9 Å². The van der Waals surface area contributed by atoms with Gasteiger partial charge in [-0.1, -0.05) is 152 Å². The number of carbonyl (C=O) groups excluding carboxylic acids is 2. The first kappa shape index (κ1) is 57.6. The molecule has 0 aromatic heterocycles. The third-order valence-corrected chi connectivity index (χ3v) is 11.3. The predicted octanol–water partition coefficient (Wildman–Crippen LogP) is 5.93. The summed E-state index contributed by atoms with van der Waals surface area (Å²) in [5.74, 6) is -1.02. The van der Waals surface area contributed by atoms with Gasteiger partial charge in [0.05, 0.1) is 19.8 Å². The summed E-state index contributed by atoms with van der Waals surface area (Å²) >= 11 is 0. The van der Waals surface area contributed by atoms with Gasteiger partial charge in [-0.3, -0.25) is 9.59 Å². The van der Waals surface area contributed by atoms with Crippen molar-refractivity contribution in [3.8, 4) is 0 Å². The number of esters is 2. The Hall–Kier alpha value is -2.54. The molecule has 0 aromatic rings. The van der Waals surface area contributed by atoms with Crippen LogP contribution in [0.1, 0.15) is 155 Å². The molecule has 0 amide bonds. The summed E-state index contributed by atoms with van der Waals surface area (Å²) in [6.45, 7) is 2.38. The molecule has 0 bridgehead atoms. The predicted molar refractivity (Wildman–Crippen MR) is 243 cm³/mol. The lowest BCUT2D eigenvalue weighted by Crippen LogP contribution is -2.61. The highest BCUT2D eigenvalue weighted by Crippen LogP contribution is 2.26. The monoisotopic (exact) mass is 913 g/mol. The maximum atomic E-state index is 12.9. The molecule has 15 nitrogen and oxygen atoms in total. The number of rotatable bonds is 36. The number of aliphatic hydroxyl groups is 7. The van der Waals surface area contributed by atoms with Crippen LogP contribution >= 0.6 is 0 Å². The van der Waals surface area contributed by atoms with E-state index in [0.717, 1.165) is 38.5 Å². The molecule has 2 rings (SSSR count). The van der Waals surface area contributed by atoms with Crippen LogP contribution in [0, 0.1) is 0 Å². The summed E-state index contributed by atoms with van der Waals surface area (Å²) in [4.78, 5) is 25.6. The Bertz CT molecular complexity index is 1300. The molecule has 2 saturated heterocycles. The van der Waals surface area contributed by atoms with E-state index in [0.29, 0.717) is 19.3 Å². The summed E-state index contributed by atoms with van der Waals surface area (Å²) in [5.41, 5.74) is 0. The fourth-order valence-corrected chi connectivity index (χ4v) is 7.35. The van der Waals surface area contributed by atoms with Crippen molar-refractivity contribution in [1.82, 2.24) is 0 Å². The highest BCUT2D eigenvalue weighted by atomic mass is 16.7. The van der Waals surface area contributed by atoms with Crippen LogP contribution in [0.3, 0.4) is 0 Å². The third-order valence-electron chi connectivity index (χ3n) is 11.3. The van der Waals surface area contributed by atoms with Crippen LogP contribution in [-0.2, 0) is 38.0 Å². The minimum Gasteiger partial charge on any atom is -0.462 e. The van der Waals surface area contributed by atoms with Crippen molar-refractivity contribution in [3.05, 3.63) is 48.6 Å². The Balaban J connectivity index is 1.86. The van der Waals surface area contributed by atoms with Gasteiger partial charge in [0.2, 0.25) is 0 Å². The Morgan fingerprint density at radius 2 is 0.984 bits per heavy atom. The molecule has 0 aromatic carbocycles. The number of hydrogen-bond acceptors (Lipinski definition) is 15. The van der Waals surface area contributed by atoms with Crippen molar-refractivity contribution < 1.29 is 73.8 Å². The lowest BCUT2D eigenvalue weighted by molar-refractivity contribution is -0.332. The van der Waals surface area contributed by atoms with Crippen LogP contribution in [0.2, 0.25) is 0 Å². The second-order valence-electron chi connectivity index (χ2n) is 16.9. The fourth-order valence-electron chi connectivity index (χ4n) is 7.35. The molecule has 2 aliphatic rings. The van der Waals surface area contributed by atoms with E-state index in [9.17, 15) is 45.3 Å². The summed E-state index contributed by atoms with van der Waals surface area (Å²) < 4.78 is 33.4. The van der Waals surface area contributed by atoms with Gasteiger partial charge in [0.15, 0.2) is 18.7 Å². The lowest BCUT2D eigenvalue weighted by Gasteiger charge is -2.42. The molecule has 11 atom stereocenters. The van der Waals surface area contributed by atoms with Crippen molar-refractivity contribution in [2.24, 2.45) is 0 Å². The number of unbranched alkanes of at least 4 members (excludes halogenated alkanes) is 14. The molecule has 0 aliphatic carbocycles. The zero-order chi connectivity index (χ0) is 46.8. The van der Waals surface area contributed by atoms with Crippen LogP contribution in [0.25, 0.3) is 0 Å². The highest BCUT2D eigenvalue weighted by molar-refractivity contribution is 5.70. The number of allylic oxidation sites excluding steroid dienone is 8. The maximum Gasteiger partial charge on any atom is 0.306 e. The molecule has 0 saturated carbocycles. The van der Waals surface area contributed by atoms with E-state index in [1.54, 1.807) is 0 Å². The van der Waals surface area contributed by atoms with E-state index in [1.165, 1.54) is 70.6 Å². The van der Waals surface area contributed by atoms with E-state index >= 15 is 0 Å². The second-order valence-corrected chi connectivity index (χ2v) is 16.9. The van der Waals surface area contributed by atoms with E-state index in [1.807, 2.05) is 18.2 Å². The molecular formula is C49H84O15. The van der Waals surface area contributed by atoms with Crippen LogP contribution in [-0.4, -0.2) is 142 Å². The minimum absolute atomic E-state index is 0.0443. The fraction of sp³-hybridized carbons (Fsp3) is 0.796. The molecule has 370 valence electrons. The quantitative estimate of drug-likeness (QED) is 0.0220. The zero-order valence-electron chi connectivity index (χ0n) is 38.8. The van der Waals surface area contributed by atoms with Gasteiger partial charge in [-0.15, -0.1) is 0 Å². The number of ether oxygens (including phenoxy) is 6. The Labute approximate surface area is 382 Å². The van der Waals surface area contributed by atoms with Crippen molar-refractivity contribution in [1.29, 1.82) is 0 Å². The largest absolute Gasteiger partial charge is 0.462 e. The molecule has 15 heteroatoms. The Morgan fingerprint density at radius 3 is 1.52 bits per heavy atom. The first-order valence-electron chi connectivity index (χ1n) is 24.2. The van der Waals surface area contributed by atoms with E-state index < -0.39 is 99.3 Å². The summed E-state index contributed by atoms with van der Waals surface area (Å²) in [7, 11) is 0. The van der Waals surface area contributed by atoms with Crippen LogP contribution in [0.5, 0.6) is 0 Å². The molecule has 11 unspecified atom stereocenters. The zero-order valence-corrected chi connectivity index (χ0v) is 38.8. The van der Waals surface area contributed by atoms with Gasteiger partial charge in [-0.25, -0.2) is 0 Å². The average molecular weight is 913 g/mol. The number of hydrogen-bond donors (Lipinski definition) is 7.